The van der Waals surface area contributed by atoms with Crippen molar-refractivity contribution >= 4 is 0 Å². The third kappa shape index (κ3) is 5.00. The standard InChI is InChI=1S/C7H7.3C2H5O.Hf/c1-7-5-3-2-4-6-7;3*1-2-3;/h2-6H,1H2;3*2H2,1H3;/q;3*-1;+3. The summed E-state index contributed by atoms with van der Waals surface area (Å²) in [5, 5.41) is 0. The van der Waals surface area contributed by atoms with Gasteiger partial charge in [0.1, 0.15) is 0 Å². The number of rotatable bonds is 8. The average molecular weight is 405 g/mol. The summed E-state index contributed by atoms with van der Waals surface area (Å²) in [6.07, 6.45) is 0. The molecule has 4 heteroatoms. The molecule has 0 aromatic heterocycles. The van der Waals surface area contributed by atoms with Gasteiger partial charge in [-0.1, -0.05) is 0 Å². The van der Waals surface area contributed by atoms with Crippen LogP contribution in [0.4, 0.5) is 0 Å². The van der Waals surface area contributed by atoms with Crippen molar-refractivity contribution in [2.24, 2.45) is 0 Å². The number of benzene rings is 1. The average Bonchev–Trinajstić information content (AvgIpc) is 2.31. The van der Waals surface area contributed by atoms with E-state index in [0.29, 0.717) is 19.8 Å². The topological polar surface area (TPSA) is 27.7 Å². The first-order chi connectivity index (χ1) is 8.26. The Hall–Kier alpha value is -0.0299. The van der Waals surface area contributed by atoms with E-state index in [4.69, 9.17) is 8.56 Å². The van der Waals surface area contributed by atoms with Crippen molar-refractivity contribution in [2.45, 2.75) is 24.9 Å². The zero-order chi connectivity index (χ0) is 12.6. The van der Waals surface area contributed by atoms with Crippen LogP contribution in [0.15, 0.2) is 30.3 Å². The molecule has 0 saturated heterocycles. The van der Waals surface area contributed by atoms with Gasteiger partial charge >= 0.3 is 111 Å². The van der Waals surface area contributed by atoms with Crippen molar-refractivity contribution in [3.8, 4) is 0 Å². The van der Waals surface area contributed by atoms with Crippen molar-refractivity contribution in [3.63, 3.8) is 0 Å². The Morgan fingerprint density at radius 3 is 1.71 bits per heavy atom. The molecular formula is C13H22HfO3. The predicted molar refractivity (Wildman–Crippen MR) is 65.0 cm³/mol. The molecule has 0 amide bonds. The fourth-order valence-corrected chi connectivity index (χ4v) is 11.2. The summed E-state index contributed by atoms with van der Waals surface area (Å²) in [6, 6.07) is 10.3. The Labute approximate surface area is 110 Å². The molecule has 96 valence electrons. The number of hydrogen-bond donors (Lipinski definition) is 0. The maximum absolute atomic E-state index is 5.89. The van der Waals surface area contributed by atoms with E-state index in [1.807, 2.05) is 39.0 Å². The molecule has 0 N–H and O–H groups in total. The van der Waals surface area contributed by atoms with Crippen LogP contribution in [-0.4, -0.2) is 19.8 Å². The Morgan fingerprint density at radius 2 is 1.29 bits per heavy atom. The van der Waals surface area contributed by atoms with Crippen molar-refractivity contribution in [1.82, 2.24) is 0 Å². The van der Waals surface area contributed by atoms with Crippen LogP contribution in [0, 0.1) is 0 Å². The summed E-state index contributed by atoms with van der Waals surface area (Å²) in [4.78, 5) is 0. The number of hydrogen-bond acceptors (Lipinski definition) is 3. The SMILES string of the molecule is CC[O][Hf]([CH2]c1ccccc1)([O]CC)[O]CC. The first kappa shape index (κ1) is 15.0. The quantitative estimate of drug-likeness (QED) is 0.623. The monoisotopic (exact) mass is 406 g/mol. The van der Waals surface area contributed by atoms with E-state index in [2.05, 4.69) is 12.1 Å². The third-order valence-corrected chi connectivity index (χ3v) is 13.2. The zero-order valence-corrected chi connectivity index (χ0v) is 14.5. The first-order valence-corrected chi connectivity index (χ1v) is 13.2. The van der Waals surface area contributed by atoms with Gasteiger partial charge in [0.15, 0.2) is 0 Å². The normalized spacial score (nSPS) is 11.7. The molecule has 0 aliphatic heterocycles. The molecule has 1 aromatic rings. The van der Waals surface area contributed by atoms with Gasteiger partial charge in [-0.05, 0) is 0 Å². The fraction of sp³-hybridized carbons (Fsp3) is 0.538. The molecular weight excluding hydrogens is 383 g/mol. The second-order valence-electron chi connectivity index (χ2n) is 3.64. The summed E-state index contributed by atoms with van der Waals surface area (Å²) in [7, 11) is 0. The summed E-state index contributed by atoms with van der Waals surface area (Å²) in [5.41, 5.74) is 1.24. The maximum atomic E-state index is 5.89. The molecule has 0 radical (unpaired) electrons. The van der Waals surface area contributed by atoms with Crippen molar-refractivity contribution in [3.05, 3.63) is 35.9 Å². The van der Waals surface area contributed by atoms with Crippen molar-refractivity contribution in [2.75, 3.05) is 19.8 Å². The van der Waals surface area contributed by atoms with Gasteiger partial charge in [-0.25, -0.2) is 0 Å². The molecule has 0 heterocycles. The molecule has 0 unspecified atom stereocenters. The van der Waals surface area contributed by atoms with Gasteiger partial charge in [-0.3, -0.25) is 0 Å². The molecule has 0 bridgehead atoms. The molecule has 0 atom stereocenters. The van der Waals surface area contributed by atoms with E-state index < -0.39 is 21.3 Å². The Balaban J connectivity index is 2.80. The van der Waals surface area contributed by atoms with Crippen molar-refractivity contribution in [1.29, 1.82) is 0 Å². The summed E-state index contributed by atoms with van der Waals surface area (Å²) in [6.45, 7) is 7.98. The van der Waals surface area contributed by atoms with Crippen LogP contribution in [0.25, 0.3) is 0 Å². The molecule has 0 aliphatic carbocycles. The molecule has 0 spiro atoms. The Kier molecular flexibility index (Phi) is 7.20. The van der Waals surface area contributed by atoms with Crippen LogP contribution in [0.5, 0.6) is 0 Å². The molecule has 17 heavy (non-hydrogen) atoms. The Bertz CT molecular complexity index is 286. The summed E-state index contributed by atoms with van der Waals surface area (Å²) < 4.78 is 18.5. The van der Waals surface area contributed by atoms with Crippen LogP contribution in [0.3, 0.4) is 0 Å². The summed E-state index contributed by atoms with van der Waals surface area (Å²) in [5.74, 6) is 0. The van der Waals surface area contributed by atoms with Crippen molar-refractivity contribution < 1.29 is 29.8 Å². The van der Waals surface area contributed by atoms with E-state index in [9.17, 15) is 0 Å². The van der Waals surface area contributed by atoms with E-state index in [1.54, 1.807) is 0 Å². The fourth-order valence-electron chi connectivity index (χ4n) is 1.78. The molecule has 1 aromatic carbocycles. The van der Waals surface area contributed by atoms with E-state index in [1.165, 1.54) is 5.56 Å². The first-order valence-electron chi connectivity index (χ1n) is 6.22. The van der Waals surface area contributed by atoms with Gasteiger partial charge in [0, 0.05) is 0 Å². The van der Waals surface area contributed by atoms with Gasteiger partial charge in [0.2, 0.25) is 0 Å². The van der Waals surface area contributed by atoms with Crippen LogP contribution >= 0.6 is 0 Å². The molecule has 3 nitrogen and oxygen atoms in total. The van der Waals surface area contributed by atoms with Crippen LogP contribution in [0.1, 0.15) is 26.3 Å². The second-order valence-corrected chi connectivity index (χ2v) is 12.9. The third-order valence-electron chi connectivity index (χ3n) is 2.36. The van der Waals surface area contributed by atoms with Gasteiger partial charge < -0.3 is 0 Å². The van der Waals surface area contributed by atoms with E-state index in [0.717, 1.165) is 4.18 Å². The van der Waals surface area contributed by atoms with Gasteiger partial charge in [-0.2, -0.15) is 0 Å². The van der Waals surface area contributed by atoms with Gasteiger partial charge in [0.05, 0.1) is 0 Å². The van der Waals surface area contributed by atoms with Gasteiger partial charge in [-0.15, -0.1) is 0 Å². The predicted octanol–water partition coefficient (Wildman–Crippen LogP) is 3.20. The molecule has 0 aliphatic rings. The minimum atomic E-state index is -3.49. The minimum absolute atomic E-state index is 0.661. The summed E-state index contributed by atoms with van der Waals surface area (Å²) >= 11 is -3.49. The zero-order valence-electron chi connectivity index (χ0n) is 10.9. The Morgan fingerprint density at radius 1 is 0.824 bits per heavy atom. The van der Waals surface area contributed by atoms with E-state index >= 15 is 0 Å². The van der Waals surface area contributed by atoms with Gasteiger partial charge in [0.25, 0.3) is 0 Å². The molecule has 0 fully saturated rings. The molecule has 0 saturated carbocycles. The molecule has 1 rings (SSSR count). The van der Waals surface area contributed by atoms with Crippen LogP contribution in [0.2, 0.25) is 0 Å². The van der Waals surface area contributed by atoms with Crippen LogP contribution in [-0.2, 0) is 34.0 Å². The second kappa shape index (κ2) is 8.14. The van der Waals surface area contributed by atoms with Crippen LogP contribution < -0.4 is 0 Å². The van der Waals surface area contributed by atoms with E-state index in [-0.39, 0.29) is 0 Å².